The molecule has 2 rings (SSSR count). The highest BCUT2D eigenvalue weighted by Gasteiger charge is 2.16. The largest absolute Gasteiger partial charge is 0.387 e. The maximum absolute atomic E-state index is 12.1. The van der Waals surface area contributed by atoms with Crippen LogP contribution in [0.4, 0.5) is 5.69 Å². The Kier molecular flexibility index (Phi) is 4.93. The van der Waals surface area contributed by atoms with E-state index in [1.54, 1.807) is 0 Å². The van der Waals surface area contributed by atoms with Gasteiger partial charge in [0.15, 0.2) is 0 Å². The number of carbonyl (C=O) groups is 1. The van der Waals surface area contributed by atoms with Crippen molar-refractivity contribution in [2.75, 3.05) is 24.7 Å². The molecule has 98 valence electrons. The molecule has 0 aromatic heterocycles. The molecule has 18 heavy (non-hydrogen) atoms. The van der Waals surface area contributed by atoms with Gasteiger partial charge in [-0.3, -0.25) is 4.79 Å². The van der Waals surface area contributed by atoms with E-state index in [-0.39, 0.29) is 5.91 Å². The van der Waals surface area contributed by atoms with Crippen LogP contribution in [0.25, 0.3) is 0 Å². The van der Waals surface area contributed by atoms with E-state index >= 15 is 0 Å². The number of thioether (sulfide) groups is 1. The highest BCUT2D eigenvalue weighted by atomic mass is 32.2. The summed E-state index contributed by atoms with van der Waals surface area (Å²) in [6.45, 7) is 0.779. The number of benzene rings is 1. The van der Waals surface area contributed by atoms with Gasteiger partial charge in [-0.15, -0.1) is 0 Å². The number of hydrogen-bond donors (Lipinski definition) is 2. The van der Waals surface area contributed by atoms with Gasteiger partial charge in [-0.2, -0.15) is 11.8 Å². The first-order valence-corrected chi connectivity index (χ1v) is 7.52. The quantitative estimate of drug-likeness (QED) is 0.878. The zero-order chi connectivity index (χ0) is 12.8. The van der Waals surface area contributed by atoms with E-state index in [0.29, 0.717) is 5.25 Å². The lowest BCUT2D eigenvalue weighted by molar-refractivity contribution is 0.0954. The van der Waals surface area contributed by atoms with E-state index in [9.17, 15) is 4.79 Å². The summed E-state index contributed by atoms with van der Waals surface area (Å²) >= 11 is 1.98. The highest BCUT2D eigenvalue weighted by Crippen LogP contribution is 2.24. The Morgan fingerprint density at radius 3 is 2.94 bits per heavy atom. The minimum atomic E-state index is 0.0196. The van der Waals surface area contributed by atoms with E-state index in [2.05, 4.69) is 10.6 Å². The van der Waals surface area contributed by atoms with Crippen molar-refractivity contribution in [1.82, 2.24) is 5.32 Å². The van der Waals surface area contributed by atoms with Crippen molar-refractivity contribution in [3.8, 4) is 0 Å². The molecule has 0 spiro atoms. The van der Waals surface area contributed by atoms with Gasteiger partial charge in [0.2, 0.25) is 0 Å². The zero-order valence-corrected chi connectivity index (χ0v) is 11.6. The average Bonchev–Trinajstić information content (AvgIpc) is 2.45. The van der Waals surface area contributed by atoms with Crippen molar-refractivity contribution in [1.29, 1.82) is 0 Å². The monoisotopic (exact) mass is 264 g/mol. The first kappa shape index (κ1) is 13.3. The summed E-state index contributed by atoms with van der Waals surface area (Å²) in [5, 5.41) is 6.68. The molecule has 1 aromatic rings. The maximum Gasteiger partial charge on any atom is 0.253 e. The molecule has 1 aliphatic rings. The molecule has 1 heterocycles. The van der Waals surface area contributed by atoms with Crippen LogP contribution in [0.1, 0.15) is 29.6 Å². The first-order valence-electron chi connectivity index (χ1n) is 6.48. The Balaban J connectivity index is 1.90. The van der Waals surface area contributed by atoms with Crippen LogP contribution in [-0.2, 0) is 0 Å². The zero-order valence-electron chi connectivity index (χ0n) is 10.7. The summed E-state index contributed by atoms with van der Waals surface area (Å²) in [6, 6.07) is 7.60. The molecule has 0 aliphatic carbocycles. The molecule has 0 bridgehead atoms. The van der Waals surface area contributed by atoms with Crippen molar-refractivity contribution in [3.63, 3.8) is 0 Å². The Bertz CT molecular complexity index is 403. The molecule has 1 aliphatic heterocycles. The van der Waals surface area contributed by atoms with E-state index in [1.807, 2.05) is 43.1 Å². The Morgan fingerprint density at radius 1 is 1.39 bits per heavy atom. The van der Waals surface area contributed by atoms with Gasteiger partial charge >= 0.3 is 0 Å². The van der Waals surface area contributed by atoms with Gasteiger partial charge in [-0.1, -0.05) is 18.6 Å². The third-order valence-electron chi connectivity index (χ3n) is 3.21. The van der Waals surface area contributed by atoms with Crippen molar-refractivity contribution in [2.45, 2.75) is 24.5 Å². The van der Waals surface area contributed by atoms with E-state index < -0.39 is 0 Å². The Morgan fingerprint density at radius 2 is 2.22 bits per heavy atom. The van der Waals surface area contributed by atoms with Crippen LogP contribution >= 0.6 is 11.8 Å². The standard InChI is InChI=1S/C14H20N2OS/c1-15-13-8-3-2-7-12(13)14(17)16-10-11-6-4-5-9-18-11/h2-3,7-8,11,15H,4-6,9-10H2,1H3,(H,16,17). The first-order chi connectivity index (χ1) is 8.81. The molecule has 2 N–H and O–H groups in total. The molecule has 1 unspecified atom stereocenters. The summed E-state index contributed by atoms with van der Waals surface area (Å²) in [5.74, 6) is 1.25. The van der Waals surface area contributed by atoms with Gasteiger partial charge in [0, 0.05) is 24.5 Å². The molecule has 1 fully saturated rings. The SMILES string of the molecule is CNc1ccccc1C(=O)NCC1CCCCS1. The lowest BCUT2D eigenvalue weighted by Gasteiger charge is -2.21. The number of carbonyl (C=O) groups excluding carboxylic acids is 1. The molecule has 0 radical (unpaired) electrons. The number of para-hydroxylation sites is 1. The van der Waals surface area contributed by atoms with Gasteiger partial charge in [-0.25, -0.2) is 0 Å². The van der Waals surface area contributed by atoms with E-state index in [4.69, 9.17) is 0 Å². The predicted molar refractivity (Wildman–Crippen MR) is 78.4 cm³/mol. The average molecular weight is 264 g/mol. The Labute approximate surface area is 113 Å². The van der Waals surface area contributed by atoms with Crippen LogP contribution in [0, 0.1) is 0 Å². The van der Waals surface area contributed by atoms with Crippen molar-refractivity contribution in [2.24, 2.45) is 0 Å². The molecular formula is C14H20N2OS. The van der Waals surface area contributed by atoms with Crippen LogP contribution in [0.2, 0.25) is 0 Å². The van der Waals surface area contributed by atoms with E-state index in [0.717, 1.165) is 17.8 Å². The van der Waals surface area contributed by atoms with Gasteiger partial charge in [0.1, 0.15) is 0 Å². The van der Waals surface area contributed by atoms with Gasteiger partial charge in [0.05, 0.1) is 5.56 Å². The molecule has 1 aromatic carbocycles. The molecule has 1 amide bonds. The Hall–Kier alpha value is -1.16. The fraction of sp³-hybridized carbons (Fsp3) is 0.500. The van der Waals surface area contributed by atoms with Gasteiger partial charge in [0.25, 0.3) is 5.91 Å². The third-order valence-corrected chi connectivity index (χ3v) is 4.60. The van der Waals surface area contributed by atoms with Crippen molar-refractivity contribution < 1.29 is 4.79 Å². The predicted octanol–water partition coefficient (Wildman–Crippen LogP) is 2.74. The smallest absolute Gasteiger partial charge is 0.253 e. The summed E-state index contributed by atoms with van der Waals surface area (Å²) in [4.78, 5) is 12.1. The highest BCUT2D eigenvalue weighted by molar-refractivity contribution is 7.99. The molecule has 4 heteroatoms. The fourth-order valence-corrected chi connectivity index (χ4v) is 3.41. The number of anilines is 1. The second-order valence-corrected chi connectivity index (χ2v) is 5.90. The van der Waals surface area contributed by atoms with Gasteiger partial charge in [-0.05, 0) is 30.7 Å². The maximum atomic E-state index is 12.1. The summed E-state index contributed by atoms with van der Waals surface area (Å²) in [7, 11) is 1.84. The molecule has 1 atom stereocenters. The normalized spacial score (nSPS) is 19.3. The topological polar surface area (TPSA) is 41.1 Å². The molecule has 3 nitrogen and oxygen atoms in total. The van der Waals surface area contributed by atoms with Gasteiger partial charge < -0.3 is 10.6 Å². The van der Waals surface area contributed by atoms with Crippen molar-refractivity contribution in [3.05, 3.63) is 29.8 Å². The van der Waals surface area contributed by atoms with Crippen LogP contribution < -0.4 is 10.6 Å². The fourth-order valence-electron chi connectivity index (χ4n) is 2.17. The number of amides is 1. The molecule has 0 saturated carbocycles. The van der Waals surface area contributed by atoms with Crippen LogP contribution in [0.15, 0.2) is 24.3 Å². The number of nitrogens with one attached hydrogen (secondary N) is 2. The summed E-state index contributed by atoms with van der Waals surface area (Å²) in [5.41, 5.74) is 1.60. The van der Waals surface area contributed by atoms with Crippen molar-refractivity contribution >= 4 is 23.4 Å². The third kappa shape index (κ3) is 3.42. The van der Waals surface area contributed by atoms with E-state index in [1.165, 1.54) is 25.0 Å². The summed E-state index contributed by atoms with van der Waals surface area (Å²) in [6.07, 6.45) is 3.83. The summed E-state index contributed by atoms with van der Waals surface area (Å²) < 4.78 is 0. The number of rotatable bonds is 4. The second-order valence-electron chi connectivity index (χ2n) is 4.49. The van der Waals surface area contributed by atoms with Crippen LogP contribution in [0.5, 0.6) is 0 Å². The number of hydrogen-bond acceptors (Lipinski definition) is 3. The molecule has 1 saturated heterocycles. The molecular weight excluding hydrogens is 244 g/mol. The minimum Gasteiger partial charge on any atom is -0.387 e. The lowest BCUT2D eigenvalue weighted by atomic mass is 10.1. The van der Waals surface area contributed by atoms with Crippen LogP contribution in [0.3, 0.4) is 0 Å². The lowest BCUT2D eigenvalue weighted by Crippen LogP contribution is -2.32. The van der Waals surface area contributed by atoms with Crippen LogP contribution in [-0.4, -0.2) is 30.5 Å². The minimum absolute atomic E-state index is 0.0196. The second kappa shape index (κ2) is 6.69.